The third kappa shape index (κ3) is 3.27. The van der Waals surface area contributed by atoms with Gasteiger partial charge in [-0.2, -0.15) is 0 Å². The second kappa shape index (κ2) is 6.50. The summed E-state index contributed by atoms with van der Waals surface area (Å²) in [5, 5.41) is 3.36. The molecule has 5 heteroatoms. The fraction of sp³-hybridized carbons (Fsp3) is 0.733. The summed E-state index contributed by atoms with van der Waals surface area (Å²) in [6, 6.07) is 0. The molecule has 0 saturated carbocycles. The van der Waals surface area contributed by atoms with E-state index < -0.39 is 0 Å². The van der Waals surface area contributed by atoms with Gasteiger partial charge in [0.2, 0.25) is 5.88 Å². The van der Waals surface area contributed by atoms with Crippen LogP contribution in [0.4, 0.5) is 0 Å². The van der Waals surface area contributed by atoms with E-state index in [1.165, 1.54) is 30.5 Å². The summed E-state index contributed by atoms with van der Waals surface area (Å²) >= 11 is 0. The molecule has 5 nitrogen and oxygen atoms in total. The van der Waals surface area contributed by atoms with Crippen molar-refractivity contribution in [1.29, 1.82) is 0 Å². The Balaban J connectivity index is 1.65. The van der Waals surface area contributed by atoms with Crippen molar-refractivity contribution >= 4 is 0 Å². The normalized spacial score (nSPS) is 26.6. The predicted molar refractivity (Wildman–Crippen MR) is 76.0 cm³/mol. The fourth-order valence-corrected chi connectivity index (χ4v) is 2.93. The molecule has 1 fully saturated rings. The molecule has 1 saturated heterocycles. The Morgan fingerprint density at radius 2 is 2.15 bits per heavy atom. The number of fused-ring (bicyclic) bond motifs is 1. The largest absolute Gasteiger partial charge is 0.475 e. The fourth-order valence-electron chi connectivity index (χ4n) is 2.93. The van der Waals surface area contributed by atoms with Crippen molar-refractivity contribution in [1.82, 2.24) is 15.3 Å². The summed E-state index contributed by atoms with van der Waals surface area (Å²) in [5.41, 5.74) is 2.38. The van der Waals surface area contributed by atoms with Crippen LogP contribution in [0.25, 0.3) is 0 Å². The first-order valence-corrected chi connectivity index (χ1v) is 7.64. The van der Waals surface area contributed by atoms with E-state index in [1.54, 1.807) is 6.33 Å². The maximum Gasteiger partial charge on any atom is 0.219 e. The summed E-state index contributed by atoms with van der Waals surface area (Å²) < 4.78 is 11.8. The van der Waals surface area contributed by atoms with E-state index in [-0.39, 0.29) is 12.2 Å². The number of ether oxygens (including phenoxy) is 2. The van der Waals surface area contributed by atoms with E-state index in [4.69, 9.17) is 9.47 Å². The van der Waals surface area contributed by atoms with E-state index >= 15 is 0 Å². The maximum atomic E-state index is 5.93. The Kier molecular flexibility index (Phi) is 4.47. The van der Waals surface area contributed by atoms with E-state index in [9.17, 15) is 0 Å². The molecule has 20 heavy (non-hydrogen) atoms. The lowest BCUT2D eigenvalue weighted by atomic mass is 10.1. The number of rotatable bonds is 3. The van der Waals surface area contributed by atoms with Crippen molar-refractivity contribution in [2.75, 3.05) is 19.7 Å². The van der Waals surface area contributed by atoms with Gasteiger partial charge in [0.05, 0.1) is 11.8 Å². The van der Waals surface area contributed by atoms with Crippen LogP contribution < -0.4 is 10.1 Å². The molecule has 0 radical (unpaired) electrons. The number of nitrogens with one attached hydrogen (secondary N) is 1. The highest BCUT2D eigenvalue weighted by molar-refractivity contribution is 5.30. The first kappa shape index (κ1) is 13.8. The molecule has 2 atom stereocenters. The SMILES string of the molecule is CC1CNCC(COc2ncnc3c2CCCCC3)O1. The first-order valence-electron chi connectivity index (χ1n) is 7.64. The third-order valence-corrected chi connectivity index (χ3v) is 3.97. The Bertz CT molecular complexity index is 453. The van der Waals surface area contributed by atoms with Crippen LogP contribution in [0.1, 0.15) is 37.4 Å². The second-order valence-electron chi connectivity index (χ2n) is 5.70. The van der Waals surface area contributed by atoms with Crippen molar-refractivity contribution < 1.29 is 9.47 Å². The Labute approximate surface area is 120 Å². The van der Waals surface area contributed by atoms with Crippen LogP contribution in [-0.4, -0.2) is 41.9 Å². The average molecular weight is 277 g/mol. The number of aromatic nitrogens is 2. The number of hydrogen-bond acceptors (Lipinski definition) is 5. The minimum Gasteiger partial charge on any atom is -0.475 e. The minimum atomic E-state index is 0.107. The molecule has 3 rings (SSSR count). The number of aryl methyl sites for hydroxylation is 1. The zero-order valence-electron chi connectivity index (χ0n) is 12.1. The summed E-state index contributed by atoms with van der Waals surface area (Å²) in [4.78, 5) is 8.74. The lowest BCUT2D eigenvalue weighted by Crippen LogP contribution is -2.46. The van der Waals surface area contributed by atoms with Gasteiger partial charge in [-0.05, 0) is 32.6 Å². The highest BCUT2D eigenvalue weighted by Gasteiger charge is 2.21. The number of hydrogen-bond donors (Lipinski definition) is 1. The van der Waals surface area contributed by atoms with Gasteiger partial charge in [0.15, 0.2) is 0 Å². The molecule has 0 aromatic carbocycles. The quantitative estimate of drug-likeness (QED) is 0.849. The average Bonchev–Trinajstić information content (AvgIpc) is 2.71. The van der Waals surface area contributed by atoms with E-state index in [0.717, 1.165) is 31.8 Å². The molecule has 1 aliphatic heterocycles. The summed E-state index contributed by atoms with van der Waals surface area (Å²) in [6.45, 7) is 4.40. The number of nitrogens with zero attached hydrogens (tertiary/aromatic N) is 2. The van der Waals surface area contributed by atoms with Crippen LogP contribution in [-0.2, 0) is 17.6 Å². The van der Waals surface area contributed by atoms with Crippen molar-refractivity contribution in [3.63, 3.8) is 0 Å². The summed E-state index contributed by atoms with van der Waals surface area (Å²) in [6.07, 6.45) is 7.75. The van der Waals surface area contributed by atoms with Crippen LogP contribution in [0, 0.1) is 0 Å². The molecule has 1 aromatic heterocycles. The van der Waals surface area contributed by atoms with Crippen molar-refractivity contribution in [2.45, 2.75) is 51.2 Å². The van der Waals surface area contributed by atoms with Gasteiger partial charge >= 0.3 is 0 Å². The molecule has 0 amide bonds. The van der Waals surface area contributed by atoms with Gasteiger partial charge in [-0.25, -0.2) is 9.97 Å². The Morgan fingerprint density at radius 3 is 3.05 bits per heavy atom. The minimum absolute atomic E-state index is 0.107. The van der Waals surface area contributed by atoms with Gasteiger partial charge in [-0.15, -0.1) is 0 Å². The standard InChI is InChI=1S/C15H23N3O2/c1-11-7-16-8-12(20-11)9-19-15-13-5-3-2-4-6-14(13)17-10-18-15/h10-12,16H,2-9H2,1H3. The molecule has 2 unspecified atom stereocenters. The van der Waals surface area contributed by atoms with Gasteiger partial charge in [0, 0.05) is 18.7 Å². The molecular formula is C15H23N3O2. The molecule has 1 N–H and O–H groups in total. The predicted octanol–water partition coefficient (Wildman–Crippen LogP) is 1.50. The van der Waals surface area contributed by atoms with Crippen LogP contribution in [0.2, 0.25) is 0 Å². The highest BCUT2D eigenvalue weighted by atomic mass is 16.5. The topological polar surface area (TPSA) is 56.3 Å². The van der Waals surface area contributed by atoms with E-state index in [1.807, 2.05) is 0 Å². The molecule has 0 spiro atoms. The van der Waals surface area contributed by atoms with Crippen LogP contribution in [0.3, 0.4) is 0 Å². The Hall–Kier alpha value is -1.20. The first-order chi connectivity index (χ1) is 9.83. The van der Waals surface area contributed by atoms with Crippen molar-refractivity contribution in [3.05, 3.63) is 17.6 Å². The molecule has 1 aliphatic carbocycles. The summed E-state index contributed by atoms with van der Waals surface area (Å²) in [7, 11) is 0. The molecule has 2 aliphatic rings. The molecule has 1 aromatic rings. The highest BCUT2D eigenvalue weighted by Crippen LogP contribution is 2.25. The van der Waals surface area contributed by atoms with Gasteiger partial charge in [0.1, 0.15) is 19.0 Å². The Morgan fingerprint density at radius 1 is 1.25 bits per heavy atom. The monoisotopic (exact) mass is 277 g/mol. The lowest BCUT2D eigenvalue weighted by molar-refractivity contribution is -0.0478. The smallest absolute Gasteiger partial charge is 0.219 e. The van der Waals surface area contributed by atoms with Crippen LogP contribution in [0.15, 0.2) is 6.33 Å². The molecule has 0 bridgehead atoms. The van der Waals surface area contributed by atoms with E-state index in [2.05, 4.69) is 22.2 Å². The second-order valence-corrected chi connectivity index (χ2v) is 5.70. The van der Waals surface area contributed by atoms with Gasteiger partial charge < -0.3 is 14.8 Å². The zero-order chi connectivity index (χ0) is 13.8. The lowest BCUT2D eigenvalue weighted by Gasteiger charge is -2.28. The molecular weight excluding hydrogens is 254 g/mol. The van der Waals surface area contributed by atoms with E-state index in [0.29, 0.717) is 6.61 Å². The summed E-state index contributed by atoms with van der Waals surface area (Å²) in [5.74, 6) is 0.763. The van der Waals surface area contributed by atoms with Crippen molar-refractivity contribution in [2.24, 2.45) is 0 Å². The number of morpholine rings is 1. The van der Waals surface area contributed by atoms with Crippen LogP contribution >= 0.6 is 0 Å². The maximum absolute atomic E-state index is 5.93. The zero-order valence-corrected chi connectivity index (χ0v) is 12.1. The van der Waals surface area contributed by atoms with Crippen LogP contribution in [0.5, 0.6) is 5.88 Å². The third-order valence-electron chi connectivity index (χ3n) is 3.97. The van der Waals surface area contributed by atoms with Crippen molar-refractivity contribution in [3.8, 4) is 5.88 Å². The molecule has 110 valence electrons. The van der Waals surface area contributed by atoms with Gasteiger partial charge in [-0.1, -0.05) is 6.42 Å². The molecule has 2 heterocycles. The van der Waals surface area contributed by atoms with Gasteiger partial charge in [-0.3, -0.25) is 0 Å². The van der Waals surface area contributed by atoms with Gasteiger partial charge in [0.25, 0.3) is 0 Å².